The molecule has 9 nitrogen and oxygen atoms in total. The lowest BCUT2D eigenvalue weighted by molar-refractivity contribution is 0.0720. The van der Waals surface area contributed by atoms with Crippen molar-refractivity contribution < 1.29 is 17.9 Å². The van der Waals surface area contributed by atoms with Gasteiger partial charge in [0, 0.05) is 15.9 Å². The molecule has 0 aliphatic carbocycles. The molecule has 0 unspecified atom stereocenters. The van der Waals surface area contributed by atoms with Crippen LogP contribution in [0.15, 0.2) is 136 Å². The van der Waals surface area contributed by atoms with Gasteiger partial charge in [0.1, 0.15) is 12.1 Å². The van der Waals surface area contributed by atoms with Crippen molar-refractivity contribution in [2.75, 3.05) is 13.7 Å². The second-order valence-corrected chi connectivity index (χ2v) is 15.6. The molecule has 234 valence electrons. The zero-order valence-corrected chi connectivity index (χ0v) is 27.5. The number of hydrogen-bond acceptors (Lipinski definition) is 8. The molecular weight excluding hydrogens is 617 g/mol. The number of benzene rings is 4. The SMILES string of the molecule is COc1cccc(S(=O)(=O)c2nc3c(N=P(c4ccccc4)(c4ccccc4)c4ccccc4)ncnc3n2CCOC(C)C)c1. The first-order valence-electron chi connectivity index (χ1n) is 14.9. The van der Waals surface area contributed by atoms with E-state index in [1.54, 1.807) is 16.7 Å². The molecular formula is C35H34N5O4PS. The summed E-state index contributed by atoms with van der Waals surface area (Å²) in [5, 5.41) is 2.90. The molecule has 0 spiro atoms. The average Bonchev–Trinajstić information content (AvgIpc) is 3.48. The highest BCUT2D eigenvalue weighted by molar-refractivity contribution is 7.91. The molecule has 2 aromatic heterocycles. The Bertz CT molecular complexity index is 2020. The second-order valence-electron chi connectivity index (χ2n) is 10.8. The smallest absolute Gasteiger partial charge is 0.240 e. The van der Waals surface area contributed by atoms with Gasteiger partial charge in [-0.2, -0.15) is 0 Å². The highest BCUT2D eigenvalue weighted by Gasteiger charge is 2.31. The first kappa shape index (κ1) is 31.4. The van der Waals surface area contributed by atoms with E-state index in [0.717, 1.165) is 15.9 Å². The Balaban J connectivity index is 1.67. The molecule has 0 fully saturated rings. The molecule has 0 aliphatic rings. The van der Waals surface area contributed by atoms with Crippen molar-refractivity contribution in [3.8, 4) is 5.75 Å². The van der Waals surface area contributed by atoms with Crippen LogP contribution < -0.4 is 20.7 Å². The second kappa shape index (κ2) is 13.4. The van der Waals surface area contributed by atoms with Gasteiger partial charge in [0.05, 0.1) is 38.3 Å². The highest BCUT2D eigenvalue weighted by atomic mass is 32.2. The van der Waals surface area contributed by atoms with Gasteiger partial charge in [-0.1, -0.05) is 97.1 Å². The summed E-state index contributed by atoms with van der Waals surface area (Å²) in [4.78, 5) is 14.0. The van der Waals surface area contributed by atoms with Crippen LogP contribution in [0.1, 0.15) is 13.8 Å². The minimum Gasteiger partial charge on any atom is -0.497 e. The van der Waals surface area contributed by atoms with E-state index in [9.17, 15) is 8.42 Å². The molecule has 0 radical (unpaired) electrons. The van der Waals surface area contributed by atoms with Crippen LogP contribution in [0.5, 0.6) is 5.75 Å². The Morgan fingerprint density at radius 2 is 1.39 bits per heavy atom. The first-order chi connectivity index (χ1) is 22.3. The topological polar surface area (TPSA) is 109 Å². The van der Waals surface area contributed by atoms with Crippen LogP contribution >= 0.6 is 7.05 Å². The molecule has 0 atom stereocenters. The van der Waals surface area contributed by atoms with Crippen LogP contribution in [0, 0.1) is 0 Å². The molecule has 2 heterocycles. The van der Waals surface area contributed by atoms with Crippen LogP contribution in [0.4, 0.5) is 5.82 Å². The number of hydrogen-bond donors (Lipinski definition) is 0. The van der Waals surface area contributed by atoms with Gasteiger partial charge >= 0.3 is 0 Å². The third-order valence-corrected chi connectivity index (χ3v) is 12.8. The van der Waals surface area contributed by atoms with E-state index in [1.165, 1.54) is 25.6 Å². The number of fused-ring (bicyclic) bond motifs is 1. The van der Waals surface area contributed by atoms with E-state index in [0.29, 0.717) is 22.7 Å². The standard InChI is InChI=1S/C35H34N5O4PS/c1-26(2)44-23-22-40-34-32(38-35(40)46(41,42)31-21-13-14-27(24-31)43-3)33(36-25-37-34)39-45(28-15-7-4-8-16-28,29-17-9-5-10-18-29)30-19-11-6-12-20-30/h4-21,24-26H,22-23H2,1-3H3. The van der Waals surface area contributed by atoms with Gasteiger partial charge in [0.15, 0.2) is 17.0 Å². The first-order valence-corrected chi connectivity index (χ1v) is 18.1. The normalized spacial score (nSPS) is 12.0. The summed E-state index contributed by atoms with van der Waals surface area (Å²) in [6, 6.07) is 36.8. The van der Waals surface area contributed by atoms with E-state index in [2.05, 4.69) is 46.4 Å². The fourth-order valence-electron chi connectivity index (χ4n) is 5.33. The zero-order valence-electron chi connectivity index (χ0n) is 25.8. The number of imidazole rings is 1. The summed E-state index contributed by atoms with van der Waals surface area (Å²) < 4.78 is 46.6. The van der Waals surface area contributed by atoms with Gasteiger partial charge in [-0.05, 0) is 32.0 Å². The quantitative estimate of drug-likeness (QED) is 0.161. The molecule has 6 rings (SSSR count). The Kier molecular flexibility index (Phi) is 9.12. The maximum absolute atomic E-state index is 14.2. The van der Waals surface area contributed by atoms with Crippen molar-refractivity contribution in [2.24, 2.45) is 4.74 Å². The van der Waals surface area contributed by atoms with E-state index in [1.807, 2.05) is 68.4 Å². The van der Waals surface area contributed by atoms with Gasteiger partial charge in [-0.25, -0.2) is 28.1 Å². The van der Waals surface area contributed by atoms with Crippen molar-refractivity contribution in [2.45, 2.75) is 36.5 Å². The van der Waals surface area contributed by atoms with E-state index in [4.69, 9.17) is 19.2 Å². The molecule has 0 saturated heterocycles. The largest absolute Gasteiger partial charge is 0.497 e. The van der Waals surface area contributed by atoms with Crippen molar-refractivity contribution in [1.29, 1.82) is 0 Å². The highest BCUT2D eigenvalue weighted by Crippen LogP contribution is 2.49. The van der Waals surface area contributed by atoms with Gasteiger partial charge in [-0.3, -0.25) is 4.57 Å². The van der Waals surface area contributed by atoms with E-state index < -0.39 is 16.9 Å². The maximum Gasteiger partial charge on any atom is 0.240 e. The third-order valence-electron chi connectivity index (χ3n) is 7.47. The minimum absolute atomic E-state index is 0.0403. The molecule has 4 aromatic carbocycles. The molecule has 46 heavy (non-hydrogen) atoms. The predicted molar refractivity (Wildman–Crippen MR) is 182 cm³/mol. The maximum atomic E-state index is 14.2. The molecule has 0 aliphatic heterocycles. The Morgan fingerprint density at radius 1 is 0.804 bits per heavy atom. The zero-order chi connectivity index (χ0) is 32.1. The number of ether oxygens (including phenoxy) is 2. The van der Waals surface area contributed by atoms with Gasteiger partial charge in [0.2, 0.25) is 15.0 Å². The summed E-state index contributed by atoms with van der Waals surface area (Å²) in [6.45, 7) is 4.33. The number of methoxy groups -OCH3 is 1. The monoisotopic (exact) mass is 651 g/mol. The van der Waals surface area contributed by atoms with E-state index in [-0.39, 0.29) is 29.3 Å². The van der Waals surface area contributed by atoms with Gasteiger partial charge < -0.3 is 9.47 Å². The fourth-order valence-corrected chi connectivity index (χ4v) is 10.2. The van der Waals surface area contributed by atoms with Crippen molar-refractivity contribution in [1.82, 2.24) is 19.5 Å². The third kappa shape index (κ3) is 5.99. The summed E-state index contributed by atoms with van der Waals surface area (Å²) in [5.74, 6) is 0.728. The average molecular weight is 652 g/mol. The molecule has 0 amide bonds. The summed E-state index contributed by atoms with van der Waals surface area (Å²) in [5.41, 5.74) is 0.649. The number of rotatable bonds is 11. The summed E-state index contributed by atoms with van der Waals surface area (Å²) in [7, 11) is -5.35. The molecule has 0 bridgehead atoms. The van der Waals surface area contributed by atoms with Crippen molar-refractivity contribution in [3.05, 3.63) is 122 Å². The number of nitrogens with zero attached hydrogens (tertiary/aromatic N) is 5. The molecule has 11 heteroatoms. The molecule has 6 aromatic rings. The number of aromatic nitrogens is 4. The van der Waals surface area contributed by atoms with Gasteiger partial charge in [0.25, 0.3) is 0 Å². The lowest BCUT2D eigenvalue weighted by Crippen LogP contribution is -2.25. The Morgan fingerprint density at radius 3 is 1.93 bits per heavy atom. The lowest BCUT2D eigenvalue weighted by Gasteiger charge is -2.26. The molecule has 0 N–H and O–H groups in total. The summed E-state index contributed by atoms with van der Waals surface area (Å²) >= 11 is 0. The predicted octanol–water partition coefficient (Wildman–Crippen LogP) is 5.90. The Hall–Kier alpha value is -4.63. The van der Waals surface area contributed by atoms with Crippen LogP contribution in [-0.2, 0) is 21.1 Å². The van der Waals surface area contributed by atoms with Crippen LogP contribution in [0.3, 0.4) is 0 Å². The number of sulfone groups is 1. The molecule has 0 saturated carbocycles. The van der Waals surface area contributed by atoms with Crippen LogP contribution in [0.2, 0.25) is 0 Å². The van der Waals surface area contributed by atoms with Crippen molar-refractivity contribution >= 4 is 49.8 Å². The minimum atomic E-state index is -4.12. The van der Waals surface area contributed by atoms with Crippen LogP contribution in [0.25, 0.3) is 11.2 Å². The van der Waals surface area contributed by atoms with E-state index >= 15 is 0 Å². The Labute approximate surface area is 268 Å². The van der Waals surface area contributed by atoms with Crippen LogP contribution in [-0.4, -0.2) is 47.8 Å². The summed E-state index contributed by atoms with van der Waals surface area (Å²) in [6.07, 6.45) is 1.38. The van der Waals surface area contributed by atoms with Gasteiger partial charge in [-0.15, -0.1) is 0 Å². The fraction of sp³-hybridized carbons (Fsp3) is 0.171. The van der Waals surface area contributed by atoms with Crippen molar-refractivity contribution in [3.63, 3.8) is 0 Å². The lowest BCUT2D eigenvalue weighted by atomic mass is 10.3.